The maximum Gasteiger partial charge on any atom is 0.277 e. The lowest BCUT2D eigenvalue weighted by atomic mass is 10.0. The van der Waals surface area contributed by atoms with Gasteiger partial charge in [0.15, 0.2) is 0 Å². The van der Waals surface area contributed by atoms with Gasteiger partial charge in [0.1, 0.15) is 0 Å². The highest BCUT2D eigenvalue weighted by Gasteiger charge is 2.26. The highest BCUT2D eigenvalue weighted by molar-refractivity contribution is 7.86. The summed E-state index contributed by atoms with van der Waals surface area (Å²) in [4.78, 5) is 18.7. The van der Waals surface area contributed by atoms with Crippen LogP contribution in [-0.4, -0.2) is 54.7 Å². The predicted octanol–water partition coefficient (Wildman–Crippen LogP) is 1.33. The number of carbonyl (C=O) groups excluding carboxylic acids is 1. The second-order valence-corrected chi connectivity index (χ2v) is 8.00. The third-order valence-electron chi connectivity index (χ3n) is 4.43. The molecule has 1 aliphatic rings. The third-order valence-corrected chi connectivity index (χ3v) is 5.52. The van der Waals surface area contributed by atoms with Gasteiger partial charge in [0, 0.05) is 43.1 Å². The fourth-order valence-electron chi connectivity index (χ4n) is 3.13. The molecule has 0 saturated carbocycles. The second-order valence-electron chi connectivity index (χ2n) is 6.45. The van der Waals surface area contributed by atoms with E-state index in [0.29, 0.717) is 18.7 Å². The minimum atomic E-state index is -3.69. The van der Waals surface area contributed by atoms with Crippen LogP contribution < -0.4 is 5.14 Å². The van der Waals surface area contributed by atoms with Crippen LogP contribution in [0.5, 0.6) is 0 Å². The Morgan fingerprint density at radius 2 is 1.50 bits per heavy atom. The molecular formula is C18H22N4O3S. The minimum Gasteiger partial charge on any atom is -0.336 e. The summed E-state index contributed by atoms with van der Waals surface area (Å²) in [6.07, 6.45) is 0. The smallest absolute Gasteiger partial charge is 0.277 e. The lowest BCUT2D eigenvalue weighted by molar-refractivity contribution is 0.0698. The number of nitrogens with zero attached hydrogens (tertiary/aromatic N) is 3. The third kappa shape index (κ3) is 4.09. The van der Waals surface area contributed by atoms with Crippen LogP contribution in [0.15, 0.2) is 36.4 Å². The summed E-state index contributed by atoms with van der Waals surface area (Å²) in [7, 11) is -3.69. The first-order chi connectivity index (χ1) is 12.2. The number of aryl methyl sites for hydroxylation is 2. The van der Waals surface area contributed by atoms with Crippen molar-refractivity contribution in [1.82, 2.24) is 14.2 Å². The normalized spacial score (nSPS) is 15.9. The van der Waals surface area contributed by atoms with Crippen LogP contribution in [0.2, 0.25) is 0 Å². The van der Waals surface area contributed by atoms with E-state index >= 15 is 0 Å². The first-order valence-electron chi connectivity index (χ1n) is 8.37. The Hall–Kier alpha value is -2.29. The van der Waals surface area contributed by atoms with Gasteiger partial charge in [-0.25, -0.2) is 5.14 Å². The first-order valence-corrected chi connectivity index (χ1v) is 9.87. The Morgan fingerprint density at radius 3 is 2.00 bits per heavy atom. The van der Waals surface area contributed by atoms with Gasteiger partial charge < -0.3 is 4.90 Å². The van der Waals surface area contributed by atoms with E-state index in [1.807, 2.05) is 38.1 Å². The molecule has 8 heteroatoms. The lowest BCUT2D eigenvalue weighted by Gasteiger charge is -2.33. The molecule has 1 amide bonds. The van der Waals surface area contributed by atoms with Gasteiger partial charge in [-0.2, -0.15) is 12.7 Å². The summed E-state index contributed by atoms with van der Waals surface area (Å²) in [5.41, 5.74) is 4.58. The molecule has 2 N–H and O–H groups in total. The molecule has 2 aromatic rings. The van der Waals surface area contributed by atoms with Crippen molar-refractivity contribution in [3.05, 3.63) is 53.3 Å². The number of rotatable bonds is 3. The van der Waals surface area contributed by atoms with E-state index in [-0.39, 0.29) is 19.0 Å². The van der Waals surface area contributed by atoms with E-state index in [4.69, 9.17) is 5.14 Å². The Bertz CT molecular complexity index is 898. The zero-order valence-electron chi connectivity index (χ0n) is 14.8. The van der Waals surface area contributed by atoms with Crippen molar-refractivity contribution in [2.45, 2.75) is 13.8 Å². The van der Waals surface area contributed by atoms with E-state index in [1.165, 1.54) is 4.31 Å². The maximum absolute atomic E-state index is 12.6. The van der Waals surface area contributed by atoms with Crippen molar-refractivity contribution in [3.8, 4) is 11.1 Å². The summed E-state index contributed by atoms with van der Waals surface area (Å²) in [6, 6.07) is 11.5. The number of pyridine rings is 1. The molecule has 1 fully saturated rings. The Balaban J connectivity index is 1.72. The summed E-state index contributed by atoms with van der Waals surface area (Å²) >= 11 is 0. The molecule has 138 valence electrons. The van der Waals surface area contributed by atoms with Crippen LogP contribution in [0.25, 0.3) is 11.1 Å². The fraction of sp³-hybridized carbons (Fsp3) is 0.333. The number of hydrogen-bond donors (Lipinski definition) is 1. The molecule has 0 radical (unpaired) electrons. The van der Waals surface area contributed by atoms with Crippen molar-refractivity contribution in [3.63, 3.8) is 0 Å². The van der Waals surface area contributed by atoms with Crippen LogP contribution in [0.1, 0.15) is 21.7 Å². The maximum atomic E-state index is 12.6. The molecule has 1 saturated heterocycles. The monoisotopic (exact) mass is 374 g/mol. The van der Waals surface area contributed by atoms with Gasteiger partial charge in [-0.1, -0.05) is 12.1 Å². The Morgan fingerprint density at radius 1 is 0.962 bits per heavy atom. The Kier molecular flexibility index (Phi) is 5.08. The van der Waals surface area contributed by atoms with E-state index in [1.54, 1.807) is 17.0 Å². The summed E-state index contributed by atoms with van der Waals surface area (Å²) < 4.78 is 23.9. The topological polar surface area (TPSA) is 96.6 Å². The molecule has 1 aliphatic heterocycles. The predicted molar refractivity (Wildman–Crippen MR) is 99.7 cm³/mol. The van der Waals surface area contributed by atoms with Crippen molar-refractivity contribution < 1.29 is 13.2 Å². The van der Waals surface area contributed by atoms with Crippen LogP contribution in [-0.2, 0) is 10.2 Å². The van der Waals surface area contributed by atoms with E-state index < -0.39 is 10.2 Å². The number of carbonyl (C=O) groups is 1. The molecule has 0 atom stereocenters. The molecule has 0 unspecified atom stereocenters. The molecule has 7 nitrogen and oxygen atoms in total. The van der Waals surface area contributed by atoms with Gasteiger partial charge in [-0.05, 0) is 49.2 Å². The fourth-order valence-corrected chi connectivity index (χ4v) is 3.81. The zero-order valence-corrected chi connectivity index (χ0v) is 15.7. The summed E-state index contributed by atoms with van der Waals surface area (Å²) in [5.74, 6) is -0.104. The standard InChI is InChI=1S/C18H22N4O3S/c1-13-11-17(12-14(2)20-13)15-3-5-16(6-4-15)18(23)21-7-9-22(10-8-21)26(19,24)25/h3-6,11-12H,7-10H2,1-2H3,(H2,19,24,25). The number of hydrogen-bond acceptors (Lipinski definition) is 4. The molecule has 1 aromatic carbocycles. The van der Waals surface area contributed by atoms with Crippen molar-refractivity contribution in [2.75, 3.05) is 26.2 Å². The van der Waals surface area contributed by atoms with Gasteiger partial charge in [0.05, 0.1) is 0 Å². The number of nitrogens with two attached hydrogens (primary N) is 1. The first kappa shape index (κ1) is 18.5. The molecular weight excluding hydrogens is 352 g/mol. The van der Waals surface area contributed by atoms with Crippen molar-refractivity contribution in [2.24, 2.45) is 5.14 Å². The molecule has 3 rings (SSSR count). The zero-order chi connectivity index (χ0) is 18.9. The van der Waals surface area contributed by atoms with Crippen LogP contribution in [0, 0.1) is 13.8 Å². The largest absolute Gasteiger partial charge is 0.336 e. The second kappa shape index (κ2) is 7.14. The summed E-state index contributed by atoms with van der Waals surface area (Å²) in [6.45, 7) is 5.02. The quantitative estimate of drug-likeness (QED) is 0.876. The van der Waals surface area contributed by atoms with Crippen LogP contribution in [0.3, 0.4) is 0 Å². The minimum absolute atomic E-state index is 0.104. The number of amides is 1. The van der Waals surface area contributed by atoms with Gasteiger partial charge >= 0.3 is 0 Å². The molecule has 0 aliphatic carbocycles. The van der Waals surface area contributed by atoms with Gasteiger partial charge in [0.25, 0.3) is 16.1 Å². The van der Waals surface area contributed by atoms with E-state index in [9.17, 15) is 13.2 Å². The van der Waals surface area contributed by atoms with E-state index in [2.05, 4.69) is 4.98 Å². The van der Waals surface area contributed by atoms with Crippen molar-refractivity contribution in [1.29, 1.82) is 0 Å². The molecule has 0 bridgehead atoms. The lowest BCUT2D eigenvalue weighted by Crippen LogP contribution is -2.52. The summed E-state index contributed by atoms with van der Waals surface area (Å²) in [5, 5.41) is 5.13. The van der Waals surface area contributed by atoms with Crippen LogP contribution in [0.4, 0.5) is 0 Å². The van der Waals surface area contributed by atoms with E-state index in [0.717, 1.165) is 22.5 Å². The number of piperazine rings is 1. The number of benzene rings is 1. The highest BCUT2D eigenvalue weighted by atomic mass is 32.2. The highest BCUT2D eigenvalue weighted by Crippen LogP contribution is 2.22. The van der Waals surface area contributed by atoms with Crippen molar-refractivity contribution >= 4 is 16.1 Å². The van der Waals surface area contributed by atoms with Gasteiger partial charge in [0.2, 0.25) is 0 Å². The van der Waals surface area contributed by atoms with Gasteiger partial charge in [-0.3, -0.25) is 9.78 Å². The van der Waals surface area contributed by atoms with Crippen LogP contribution >= 0.6 is 0 Å². The molecule has 26 heavy (non-hydrogen) atoms. The average Bonchev–Trinajstić information content (AvgIpc) is 2.60. The molecule has 2 heterocycles. The molecule has 1 aromatic heterocycles. The Labute approximate surface area is 153 Å². The average molecular weight is 374 g/mol. The number of aromatic nitrogens is 1. The molecule has 0 spiro atoms. The SMILES string of the molecule is Cc1cc(-c2ccc(C(=O)N3CCN(S(N)(=O)=O)CC3)cc2)cc(C)n1. The van der Waals surface area contributed by atoms with Gasteiger partial charge in [-0.15, -0.1) is 0 Å².